The fourth-order valence-electron chi connectivity index (χ4n) is 7.00. The van der Waals surface area contributed by atoms with Gasteiger partial charge in [-0.15, -0.1) is 0 Å². The molecule has 2 fully saturated rings. The van der Waals surface area contributed by atoms with Crippen molar-refractivity contribution < 1.29 is 22.9 Å². The average Bonchev–Trinajstić information content (AvgIpc) is 3.80. The zero-order valence-corrected chi connectivity index (χ0v) is 26.1. The van der Waals surface area contributed by atoms with Gasteiger partial charge in [-0.05, 0) is 64.0 Å². The fraction of sp³-hybridized carbons (Fsp3) is 0.353. The van der Waals surface area contributed by atoms with Crippen LogP contribution in [0.1, 0.15) is 36.0 Å². The predicted molar refractivity (Wildman–Crippen MR) is 180 cm³/mol. The molecule has 2 aliphatic rings. The number of rotatable bonds is 9. The number of amides is 1. The molecule has 3 aromatic heterocycles. The van der Waals surface area contributed by atoms with Gasteiger partial charge in [-0.2, -0.15) is 0 Å². The van der Waals surface area contributed by atoms with Gasteiger partial charge in [0.15, 0.2) is 28.1 Å². The Bertz CT molecular complexity index is 2330. The Hall–Kier alpha value is -5.21. The highest BCUT2D eigenvalue weighted by molar-refractivity contribution is 6.07. The summed E-state index contributed by atoms with van der Waals surface area (Å²) >= 11 is 0. The summed E-state index contributed by atoms with van der Waals surface area (Å²) < 4.78 is 30.1. The number of pyridine rings is 1. The van der Waals surface area contributed by atoms with Gasteiger partial charge in [-0.25, -0.2) is 4.39 Å². The summed E-state index contributed by atoms with van der Waals surface area (Å²) in [5.41, 5.74) is 2.18. The molecule has 0 radical (unpaired) electrons. The second kappa shape index (κ2) is 12.1. The van der Waals surface area contributed by atoms with Crippen LogP contribution < -0.4 is 16.1 Å². The minimum absolute atomic E-state index is 0.00294. The van der Waals surface area contributed by atoms with Gasteiger partial charge in [0.1, 0.15) is 16.8 Å². The molecule has 48 heavy (non-hydrogen) atoms. The van der Waals surface area contributed by atoms with E-state index in [4.69, 9.17) is 8.83 Å². The lowest BCUT2D eigenvalue weighted by Gasteiger charge is -2.19. The third kappa shape index (κ3) is 5.36. The van der Waals surface area contributed by atoms with E-state index in [0.29, 0.717) is 52.9 Å². The quantitative estimate of drug-likeness (QED) is 0.0807. The second-order valence-electron chi connectivity index (χ2n) is 12.6. The normalized spacial score (nSPS) is 15.9. The van der Waals surface area contributed by atoms with Crippen LogP contribution in [0.2, 0.25) is 0 Å². The topological polar surface area (TPSA) is 154 Å². The van der Waals surface area contributed by atoms with Crippen LogP contribution in [0.25, 0.3) is 49.8 Å². The number of nitro groups is 1. The van der Waals surface area contributed by atoms with Crippen molar-refractivity contribution in [3.8, 4) is 0 Å². The number of hydrogen-bond acceptors (Lipinski definition) is 9. The minimum atomic E-state index is -0.660. The number of likely N-dealkylation sites (tertiary alicyclic amines) is 2. The molecule has 1 amide bonds. The number of H-pyrrole nitrogens is 1. The number of nitro benzene ring substituents is 1. The molecule has 0 saturated carbocycles. The molecule has 248 valence electrons. The molecule has 0 aliphatic carbocycles. The first kappa shape index (κ1) is 30.1. The van der Waals surface area contributed by atoms with E-state index in [0.717, 1.165) is 64.5 Å². The summed E-state index contributed by atoms with van der Waals surface area (Å²) in [6.45, 7) is 6.18. The summed E-state index contributed by atoms with van der Waals surface area (Å²) in [4.78, 5) is 46.0. The Morgan fingerprint density at radius 3 is 2.35 bits per heavy atom. The number of aromatic nitrogens is 2. The molecule has 0 unspecified atom stereocenters. The maximum atomic E-state index is 15.9. The number of hydrogen-bond donors (Lipinski definition) is 3. The van der Waals surface area contributed by atoms with E-state index in [1.165, 1.54) is 18.3 Å². The van der Waals surface area contributed by atoms with Crippen molar-refractivity contribution in [2.45, 2.75) is 25.7 Å². The van der Waals surface area contributed by atoms with Gasteiger partial charge in [-0.1, -0.05) is 0 Å². The molecule has 3 aromatic carbocycles. The van der Waals surface area contributed by atoms with Crippen molar-refractivity contribution in [3.05, 3.63) is 74.3 Å². The lowest BCUT2D eigenvalue weighted by molar-refractivity contribution is -0.384. The first-order valence-electron chi connectivity index (χ1n) is 16.3. The maximum Gasteiger partial charge on any atom is 0.273 e. The molecule has 2 saturated heterocycles. The summed E-state index contributed by atoms with van der Waals surface area (Å²) in [5, 5.41) is 17.5. The number of carbonyl (C=O) groups is 1. The molecule has 5 heterocycles. The Kier molecular flexibility index (Phi) is 7.60. The monoisotopic (exact) mass is 655 g/mol. The van der Waals surface area contributed by atoms with Gasteiger partial charge in [-0.3, -0.25) is 19.7 Å². The van der Waals surface area contributed by atoms with Crippen LogP contribution in [-0.4, -0.2) is 82.4 Å². The van der Waals surface area contributed by atoms with E-state index in [1.807, 2.05) is 0 Å². The third-order valence-corrected chi connectivity index (χ3v) is 9.48. The first-order chi connectivity index (χ1) is 23.3. The first-order valence-corrected chi connectivity index (χ1v) is 16.3. The Morgan fingerprint density at radius 1 is 0.917 bits per heavy atom. The number of fused-ring (bicyclic) bond motifs is 4. The highest BCUT2D eigenvalue weighted by atomic mass is 19.1. The lowest BCUT2D eigenvalue weighted by atomic mass is 10.1. The van der Waals surface area contributed by atoms with Gasteiger partial charge < -0.3 is 38.7 Å². The van der Waals surface area contributed by atoms with Crippen molar-refractivity contribution >= 4 is 67.1 Å². The van der Waals surface area contributed by atoms with Gasteiger partial charge >= 0.3 is 0 Å². The van der Waals surface area contributed by atoms with E-state index in [9.17, 15) is 19.7 Å². The van der Waals surface area contributed by atoms with Crippen LogP contribution >= 0.6 is 0 Å². The van der Waals surface area contributed by atoms with Crippen molar-refractivity contribution in [2.75, 3.05) is 57.7 Å². The van der Waals surface area contributed by atoms with Gasteiger partial charge in [0.2, 0.25) is 5.43 Å². The van der Waals surface area contributed by atoms with Crippen molar-refractivity contribution in [3.63, 3.8) is 0 Å². The standard InChI is InChI=1S/C34H34FN7O6/c35-23-16-21-31-33(30(23)36-7-13-39-9-1-2-10-39)48-29-17-25-28(47-27-15-20(42(45)46)5-6-24(27)38-25)18-26(29)41(31)19-22(32(21)43)34(44)37-8-14-40-11-3-4-12-40/h5-6,15-19,36,38H,1-4,7-14H2,(H,37,44). The number of nitrogens with zero attached hydrogens (tertiary/aromatic N) is 4. The number of halogens is 1. The number of benzene rings is 3. The van der Waals surface area contributed by atoms with Crippen molar-refractivity contribution in [1.29, 1.82) is 0 Å². The zero-order chi connectivity index (χ0) is 32.9. The molecule has 3 N–H and O–H groups in total. The van der Waals surface area contributed by atoms with Gasteiger partial charge in [0.25, 0.3) is 11.6 Å². The summed E-state index contributed by atoms with van der Waals surface area (Å²) in [6.07, 6.45) is 5.99. The molecular weight excluding hydrogens is 621 g/mol. The molecule has 2 aliphatic heterocycles. The van der Waals surface area contributed by atoms with Crippen LogP contribution in [-0.2, 0) is 0 Å². The van der Waals surface area contributed by atoms with E-state index < -0.39 is 22.1 Å². The van der Waals surface area contributed by atoms with Crippen LogP contribution in [0.5, 0.6) is 0 Å². The number of anilines is 1. The Labute approximate surface area is 272 Å². The molecule has 8 rings (SSSR count). The zero-order valence-electron chi connectivity index (χ0n) is 26.1. The SMILES string of the molecule is O=C(NCCN1CCCC1)c1cn2c3cc4oc5cc([N+](=O)[O-])ccc5[nH]c4cc3oc3c(NCCN4CCCC4)c(F)cc(c1=O)c32. The minimum Gasteiger partial charge on any atom is -0.453 e. The summed E-state index contributed by atoms with van der Waals surface area (Å²) in [5.74, 6) is -1.21. The number of aromatic amines is 1. The van der Waals surface area contributed by atoms with E-state index in [-0.39, 0.29) is 33.5 Å². The highest BCUT2D eigenvalue weighted by Crippen LogP contribution is 2.35. The third-order valence-electron chi connectivity index (χ3n) is 9.48. The maximum absolute atomic E-state index is 15.9. The Balaban J connectivity index is 1.30. The fourth-order valence-corrected chi connectivity index (χ4v) is 7.00. The smallest absolute Gasteiger partial charge is 0.273 e. The molecule has 0 bridgehead atoms. The van der Waals surface area contributed by atoms with Crippen molar-refractivity contribution in [1.82, 2.24) is 24.5 Å². The largest absolute Gasteiger partial charge is 0.453 e. The average molecular weight is 656 g/mol. The predicted octanol–water partition coefficient (Wildman–Crippen LogP) is 5.37. The van der Waals surface area contributed by atoms with E-state index in [1.54, 1.807) is 22.6 Å². The molecule has 0 atom stereocenters. The lowest BCUT2D eigenvalue weighted by Crippen LogP contribution is -2.35. The molecule has 0 spiro atoms. The van der Waals surface area contributed by atoms with Crippen LogP contribution in [0, 0.1) is 15.9 Å². The summed E-state index contributed by atoms with van der Waals surface area (Å²) in [7, 11) is 0. The summed E-state index contributed by atoms with van der Waals surface area (Å²) in [6, 6.07) is 8.80. The van der Waals surface area contributed by atoms with E-state index >= 15 is 4.39 Å². The number of carbonyl (C=O) groups excluding carboxylic acids is 1. The molecule has 13 nitrogen and oxygen atoms in total. The van der Waals surface area contributed by atoms with Crippen LogP contribution in [0.15, 0.2) is 56.2 Å². The van der Waals surface area contributed by atoms with Gasteiger partial charge in [0.05, 0.1) is 32.9 Å². The molecular formula is C34H34FN7O6. The number of nitrogens with one attached hydrogen (secondary N) is 3. The Morgan fingerprint density at radius 2 is 1.62 bits per heavy atom. The van der Waals surface area contributed by atoms with Crippen molar-refractivity contribution in [2.24, 2.45) is 0 Å². The number of non-ortho nitro benzene ring substituents is 1. The van der Waals surface area contributed by atoms with Gasteiger partial charge in [0, 0.05) is 50.6 Å². The van der Waals surface area contributed by atoms with Crippen LogP contribution in [0.3, 0.4) is 0 Å². The second-order valence-corrected chi connectivity index (χ2v) is 12.6. The van der Waals surface area contributed by atoms with E-state index in [2.05, 4.69) is 25.4 Å². The molecule has 6 aromatic rings. The molecule has 14 heteroatoms. The highest BCUT2D eigenvalue weighted by Gasteiger charge is 2.24. The van der Waals surface area contributed by atoms with Crippen LogP contribution in [0.4, 0.5) is 15.8 Å².